The number of pyridine rings is 1. The Kier molecular flexibility index (Phi) is 7.81. The zero-order chi connectivity index (χ0) is 36.9. The van der Waals surface area contributed by atoms with Gasteiger partial charge in [-0.2, -0.15) is 0 Å². The van der Waals surface area contributed by atoms with Gasteiger partial charge in [0.1, 0.15) is 0 Å². The van der Waals surface area contributed by atoms with Crippen LogP contribution in [0.5, 0.6) is 0 Å². The Morgan fingerprint density at radius 3 is 1.69 bits per heavy atom. The van der Waals surface area contributed by atoms with Crippen molar-refractivity contribution in [3.63, 3.8) is 0 Å². The monoisotopic (exact) mass is 703 g/mol. The van der Waals surface area contributed by atoms with Crippen molar-refractivity contribution in [2.45, 2.75) is 19.3 Å². The van der Waals surface area contributed by atoms with E-state index in [0.717, 1.165) is 44.8 Å². The summed E-state index contributed by atoms with van der Waals surface area (Å²) >= 11 is 0. The van der Waals surface area contributed by atoms with E-state index in [1.165, 1.54) is 49.7 Å². The average molecular weight is 704 g/mol. The van der Waals surface area contributed by atoms with E-state index >= 15 is 0 Å². The molecule has 0 unspecified atom stereocenters. The molecule has 9 aromatic rings. The maximum atomic E-state index is 5.07. The van der Waals surface area contributed by atoms with Gasteiger partial charge in [0.05, 0.1) is 11.4 Å². The SMILES string of the molecule is CC1(C)c2cc(-c3cccc(-c4ccc(-c5cc(-c6ccc(-c7cccnc7)cc6)nc(-c6ccccc6)n5)cc4)c3)ccc2-c2c1ccc1ccccc21. The van der Waals surface area contributed by atoms with Gasteiger partial charge in [-0.25, -0.2) is 9.97 Å². The third-order valence-corrected chi connectivity index (χ3v) is 11.2. The molecule has 0 N–H and O–H groups in total. The number of nitrogens with zero attached hydrogens (tertiary/aromatic N) is 3. The van der Waals surface area contributed by atoms with Gasteiger partial charge in [0, 0.05) is 34.5 Å². The molecule has 1 aliphatic rings. The third-order valence-electron chi connectivity index (χ3n) is 11.2. The van der Waals surface area contributed by atoms with Crippen LogP contribution in [0.2, 0.25) is 0 Å². The molecule has 260 valence electrons. The Morgan fingerprint density at radius 2 is 0.982 bits per heavy atom. The first-order valence-corrected chi connectivity index (χ1v) is 18.8. The second-order valence-corrected chi connectivity index (χ2v) is 14.9. The van der Waals surface area contributed by atoms with Gasteiger partial charge < -0.3 is 0 Å². The molecule has 2 aromatic heterocycles. The highest BCUT2D eigenvalue weighted by molar-refractivity contribution is 6.02. The molecule has 7 aromatic carbocycles. The maximum Gasteiger partial charge on any atom is 0.160 e. The van der Waals surface area contributed by atoms with E-state index in [1.54, 1.807) is 6.20 Å². The van der Waals surface area contributed by atoms with E-state index in [9.17, 15) is 0 Å². The minimum atomic E-state index is -0.0806. The number of hydrogen-bond donors (Lipinski definition) is 0. The Labute approximate surface area is 321 Å². The summed E-state index contributed by atoms with van der Waals surface area (Å²) in [4.78, 5) is 14.4. The van der Waals surface area contributed by atoms with Crippen molar-refractivity contribution in [2.24, 2.45) is 0 Å². The van der Waals surface area contributed by atoms with Crippen LogP contribution < -0.4 is 0 Å². The van der Waals surface area contributed by atoms with E-state index in [1.807, 2.05) is 30.5 Å². The Balaban J connectivity index is 0.976. The van der Waals surface area contributed by atoms with Crippen molar-refractivity contribution < 1.29 is 0 Å². The van der Waals surface area contributed by atoms with Gasteiger partial charge in [0.15, 0.2) is 5.82 Å². The van der Waals surface area contributed by atoms with Crippen LogP contribution in [0.15, 0.2) is 188 Å². The highest BCUT2D eigenvalue weighted by Gasteiger charge is 2.36. The number of rotatable bonds is 6. The van der Waals surface area contributed by atoms with Gasteiger partial charge in [-0.1, -0.05) is 166 Å². The molecule has 0 bridgehead atoms. The van der Waals surface area contributed by atoms with Gasteiger partial charge >= 0.3 is 0 Å². The molecule has 0 amide bonds. The van der Waals surface area contributed by atoms with Gasteiger partial charge in [0.25, 0.3) is 0 Å². The Bertz CT molecular complexity index is 2860. The molecule has 0 spiro atoms. The van der Waals surface area contributed by atoms with Crippen LogP contribution >= 0.6 is 0 Å². The molecule has 2 heterocycles. The van der Waals surface area contributed by atoms with Gasteiger partial charge in [-0.05, 0) is 90.7 Å². The highest BCUT2D eigenvalue weighted by atomic mass is 14.9. The molecule has 0 aliphatic heterocycles. The van der Waals surface area contributed by atoms with Crippen molar-refractivity contribution in [3.05, 3.63) is 199 Å². The smallest absolute Gasteiger partial charge is 0.160 e. The van der Waals surface area contributed by atoms with E-state index in [4.69, 9.17) is 9.97 Å². The zero-order valence-corrected chi connectivity index (χ0v) is 30.7. The van der Waals surface area contributed by atoms with Crippen LogP contribution in [0.4, 0.5) is 0 Å². The van der Waals surface area contributed by atoms with Crippen molar-refractivity contribution in [1.29, 1.82) is 0 Å². The summed E-state index contributed by atoms with van der Waals surface area (Å²) in [5.74, 6) is 0.704. The van der Waals surface area contributed by atoms with Crippen molar-refractivity contribution in [3.8, 4) is 78.4 Å². The molecule has 0 atom stereocenters. The summed E-state index contributed by atoms with van der Waals surface area (Å²) in [6.07, 6.45) is 3.69. The van der Waals surface area contributed by atoms with Crippen LogP contribution in [0, 0.1) is 0 Å². The largest absolute Gasteiger partial charge is 0.264 e. The maximum absolute atomic E-state index is 5.07. The molecule has 3 heteroatoms. The van der Waals surface area contributed by atoms with Crippen molar-refractivity contribution >= 4 is 10.8 Å². The van der Waals surface area contributed by atoms with Gasteiger partial charge in [0.2, 0.25) is 0 Å². The number of aromatic nitrogens is 3. The molecule has 0 saturated heterocycles. The van der Waals surface area contributed by atoms with Crippen LogP contribution in [0.25, 0.3) is 89.2 Å². The van der Waals surface area contributed by atoms with Crippen molar-refractivity contribution in [2.75, 3.05) is 0 Å². The number of fused-ring (bicyclic) bond motifs is 5. The van der Waals surface area contributed by atoms with E-state index in [2.05, 4.69) is 170 Å². The molecule has 55 heavy (non-hydrogen) atoms. The third kappa shape index (κ3) is 5.82. The van der Waals surface area contributed by atoms with Crippen LogP contribution in [-0.4, -0.2) is 15.0 Å². The lowest BCUT2D eigenvalue weighted by atomic mass is 9.81. The quantitative estimate of drug-likeness (QED) is 0.173. The lowest BCUT2D eigenvalue weighted by molar-refractivity contribution is 0.661. The fourth-order valence-electron chi connectivity index (χ4n) is 8.22. The fourth-order valence-corrected chi connectivity index (χ4v) is 8.22. The van der Waals surface area contributed by atoms with Crippen molar-refractivity contribution in [1.82, 2.24) is 15.0 Å². The summed E-state index contributed by atoms with van der Waals surface area (Å²) < 4.78 is 0. The van der Waals surface area contributed by atoms with Crippen LogP contribution in [0.3, 0.4) is 0 Å². The lowest BCUT2D eigenvalue weighted by Crippen LogP contribution is -2.15. The fraction of sp³-hybridized carbons (Fsp3) is 0.0577. The summed E-state index contributed by atoms with van der Waals surface area (Å²) in [6, 6.07) is 62.9. The molecule has 10 rings (SSSR count). The zero-order valence-electron chi connectivity index (χ0n) is 30.7. The second-order valence-electron chi connectivity index (χ2n) is 14.9. The molecule has 0 fully saturated rings. The molecule has 0 saturated carbocycles. The highest BCUT2D eigenvalue weighted by Crippen LogP contribution is 2.52. The van der Waals surface area contributed by atoms with Gasteiger partial charge in [-0.3, -0.25) is 4.98 Å². The number of benzene rings is 7. The molecular formula is C52H37N3. The minimum absolute atomic E-state index is 0.0806. The normalized spacial score (nSPS) is 12.7. The van der Waals surface area contributed by atoms with E-state index in [-0.39, 0.29) is 5.41 Å². The van der Waals surface area contributed by atoms with E-state index in [0.29, 0.717) is 5.82 Å². The Morgan fingerprint density at radius 1 is 0.400 bits per heavy atom. The molecular weight excluding hydrogens is 667 g/mol. The average Bonchev–Trinajstić information content (AvgIpc) is 3.49. The standard InChI is InChI=1S/C52H37N3/c1-52(2)46-28-26-36-10-6-7-16-44(36)50(46)45-27-25-42(31-47(45)52)41-14-8-13-40(30-41)34-17-21-37(22-18-34)48-32-49(55-51(54-48)39-11-4-3-5-12-39)38-23-19-35(20-24-38)43-15-9-29-53-33-43/h3-33H,1-2H3. The van der Waals surface area contributed by atoms with Crippen LogP contribution in [0.1, 0.15) is 25.0 Å². The first-order chi connectivity index (χ1) is 27.0. The topological polar surface area (TPSA) is 38.7 Å². The predicted molar refractivity (Wildman–Crippen MR) is 228 cm³/mol. The first kappa shape index (κ1) is 32.7. The van der Waals surface area contributed by atoms with E-state index < -0.39 is 0 Å². The summed E-state index contributed by atoms with van der Waals surface area (Å²) in [5.41, 5.74) is 17.2. The molecule has 0 radical (unpaired) electrons. The molecule has 3 nitrogen and oxygen atoms in total. The minimum Gasteiger partial charge on any atom is -0.264 e. The summed E-state index contributed by atoms with van der Waals surface area (Å²) in [7, 11) is 0. The predicted octanol–water partition coefficient (Wildman–Crippen LogP) is 13.3. The van der Waals surface area contributed by atoms with Gasteiger partial charge in [-0.15, -0.1) is 0 Å². The number of hydrogen-bond acceptors (Lipinski definition) is 3. The summed E-state index contributed by atoms with van der Waals surface area (Å²) in [6.45, 7) is 4.72. The summed E-state index contributed by atoms with van der Waals surface area (Å²) in [5, 5.41) is 2.62. The first-order valence-electron chi connectivity index (χ1n) is 18.8. The lowest BCUT2D eigenvalue weighted by Gasteiger charge is -2.22. The second kappa shape index (κ2) is 13.2. The Hall–Kier alpha value is -6.97. The van der Waals surface area contributed by atoms with Crippen LogP contribution in [-0.2, 0) is 5.41 Å². The molecule has 1 aliphatic carbocycles.